The minimum Gasteiger partial charge on any atom is -0.478 e. The maximum absolute atomic E-state index is 10.2. The molecule has 0 radical (unpaired) electrons. The molecular formula is C14H23NO4. The fourth-order valence-corrected chi connectivity index (χ4v) is 1.42. The van der Waals surface area contributed by atoms with Crippen LogP contribution in [0.3, 0.4) is 0 Å². The highest BCUT2D eigenvalue weighted by Crippen LogP contribution is 2.05. The van der Waals surface area contributed by atoms with Gasteiger partial charge in [0, 0.05) is 12.4 Å². The molecule has 19 heavy (non-hydrogen) atoms. The Labute approximate surface area is 113 Å². The predicted octanol–water partition coefficient (Wildman–Crippen LogP) is 2.44. The van der Waals surface area contributed by atoms with Crippen molar-refractivity contribution >= 4 is 5.97 Å². The SMILES string of the molecule is CCCCCCCC(O)O.O=C(O)c1cccnc1. The number of nitrogens with zero attached hydrogens (tertiary/aromatic N) is 1. The van der Waals surface area contributed by atoms with E-state index in [1.807, 2.05) is 0 Å². The van der Waals surface area contributed by atoms with E-state index in [2.05, 4.69) is 11.9 Å². The van der Waals surface area contributed by atoms with Crippen LogP contribution < -0.4 is 0 Å². The average molecular weight is 269 g/mol. The Hall–Kier alpha value is -1.46. The number of aromatic nitrogens is 1. The summed E-state index contributed by atoms with van der Waals surface area (Å²) >= 11 is 0. The molecule has 0 aromatic carbocycles. The minimum absolute atomic E-state index is 0.220. The van der Waals surface area contributed by atoms with Gasteiger partial charge in [0.05, 0.1) is 5.56 Å². The van der Waals surface area contributed by atoms with Crippen molar-refractivity contribution in [1.82, 2.24) is 4.98 Å². The Morgan fingerprint density at radius 2 is 1.95 bits per heavy atom. The largest absolute Gasteiger partial charge is 0.478 e. The molecule has 1 heterocycles. The topological polar surface area (TPSA) is 90.7 Å². The zero-order chi connectivity index (χ0) is 14.5. The van der Waals surface area contributed by atoms with Gasteiger partial charge >= 0.3 is 5.97 Å². The second-order valence-electron chi connectivity index (χ2n) is 4.23. The lowest BCUT2D eigenvalue weighted by atomic mass is 10.1. The molecule has 0 saturated heterocycles. The van der Waals surface area contributed by atoms with Crippen molar-refractivity contribution in [2.75, 3.05) is 0 Å². The number of aliphatic hydroxyl groups is 2. The molecule has 1 rings (SSSR count). The van der Waals surface area contributed by atoms with Crippen LogP contribution in [0.5, 0.6) is 0 Å². The standard InChI is InChI=1S/C8H18O2.C6H5NO2/c1-2-3-4-5-6-7-8(9)10;8-6(9)5-2-1-3-7-4-5/h8-10H,2-7H2,1H3;1-4H,(H,8,9). The van der Waals surface area contributed by atoms with Crippen LogP contribution in [0.25, 0.3) is 0 Å². The van der Waals surface area contributed by atoms with Crippen molar-refractivity contribution in [3.05, 3.63) is 30.1 Å². The first-order chi connectivity index (χ1) is 9.07. The highest BCUT2D eigenvalue weighted by molar-refractivity contribution is 5.86. The summed E-state index contributed by atoms with van der Waals surface area (Å²) in [7, 11) is 0. The van der Waals surface area contributed by atoms with Crippen molar-refractivity contribution in [2.24, 2.45) is 0 Å². The molecule has 0 fully saturated rings. The van der Waals surface area contributed by atoms with E-state index >= 15 is 0 Å². The average Bonchev–Trinajstić information content (AvgIpc) is 2.40. The van der Waals surface area contributed by atoms with Crippen molar-refractivity contribution in [1.29, 1.82) is 0 Å². The summed E-state index contributed by atoms with van der Waals surface area (Å²) in [5.74, 6) is -0.942. The third-order valence-corrected chi connectivity index (χ3v) is 2.47. The molecule has 0 aliphatic rings. The van der Waals surface area contributed by atoms with Gasteiger partial charge in [0.15, 0.2) is 6.29 Å². The maximum Gasteiger partial charge on any atom is 0.337 e. The molecule has 1 aromatic rings. The molecule has 0 aliphatic heterocycles. The molecule has 0 saturated carbocycles. The smallest absolute Gasteiger partial charge is 0.337 e. The van der Waals surface area contributed by atoms with Gasteiger partial charge in [0.2, 0.25) is 0 Å². The molecule has 1 aromatic heterocycles. The van der Waals surface area contributed by atoms with E-state index in [4.69, 9.17) is 15.3 Å². The Morgan fingerprint density at radius 1 is 1.26 bits per heavy atom. The van der Waals surface area contributed by atoms with Crippen LogP contribution in [0.1, 0.15) is 55.8 Å². The third-order valence-electron chi connectivity index (χ3n) is 2.47. The van der Waals surface area contributed by atoms with E-state index in [1.54, 1.807) is 6.07 Å². The van der Waals surface area contributed by atoms with Crippen molar-refractivity contribution in [3.8, 4) is 0 Å². The molecule has 0 amide bonds. The van der Waals surface area contributed by atoms with Crippen molar-refractivity contribution in [2.45, 2.75) is 51.7 Å². The van der Waals surface area contributed by atoms with Gasteiger partial charge in [-0.05, 0) is 25.0 Å². The zero-order valence-electron chi connectivity index (χ0n) is 11.3. The van der Waals surface area contributed by atoms with Gasteiger partial charge in [0.1, 0.15) is 0 Å². The van der Waals surface area contributed by atoms with Gasteiger partial charge in [-0.25, -0.2) is 4.79 Å². The van der Waals surface area contributed by atoms with E-state index in [1.165, 1.54) is 37.7 Å². The normalized spacial score (nSPS) is 9.89. The molecule has 0 unspecified atom stereocenters. The molecule has 5 heteroatoms. The van der Waals surface area contributed by atoms with Crippen molar-refractivity contribution in [3.63, 3.8) is 0 Å². The first-order valence-electron chi connectivity index (χ1n) is 6.57. The van der Waals surface area contributed by atoms with Crippen LogP contribution in [0.4, 0.5) is 0 Å². The maximum atomic E-state index is 10.2. The Balaban J connectivity index is 0.000000342. The van der Waals surface area contributed by atoms with Gasteiger partial charge in [-0.2, -0.15) is 0 Å². The number of carboxylic acid groups (broad SMARTS) is 1. The van der Waals surface area contributed by atoms with E-state index in [0.717, 1.165) is 12.8 Å². The highest BCUT2D eigenvalue weighted by atomic mass is 16.5. The number of hydrogen-bond acceptors (Lipinski definition) is 4. The van der Waals surface area contributed by atoms with E-state index in [0.29, 0.717) is 6.42 Å². The van der Waals surface area contributed by atoms with Gasteiger partial charge in [-0.3, -0.25) is 4.98 Å². The number of rotatable bonds is 7. The van der Waals surface area contributed by atoms with Crippen LogP contribution in [0.2, 0.25) is 0 Å². The summed E-state index contributed by atoms with van der Waals surface area (Å²) in [5, 5.41) is 25.3. The minimum atomic E-state index is -1.10. The van der Waals surface area contributed by atoms with Gasteiger partial charge in [-0.15, -0.1) is 0 Å². The number of carbonyl (C=O) groups is 1. The molecule has 0 bridgehead atoms. The molecular weight excluding hydrogens is 246 g/mol. The third kappa shape index (κ3) is 11.4. The van der Waals surface area contributed by atoms with Crippen LogP contribution in [-0.2, 0) is 0 Å². The predicted molar refractivity (Wildman–Crippen MR) is 72.8 cm³/mol. The lowest BCUT2D eigenvalue weighted by Gasteiger charge is -2.01. The van der Waals surface area contributed by atoms with Crippen LogP contribution in [-0.4, -0.2) is 32.6 Å². The number of pyridine rings is 1. The summed E-state index contributed by atoms with van der Waals surface area (Å²) < 4.78 is 0. The zero-order valence-corrected chi connectivity index (χ0v) is 11.3. The van der Waals surface area contributed by atoms with Crippen LogP contribution in [0.15, 0.2) is 24.5 Å². The van der Waals surface area contributed by atoms with E-state index in [-0.39, 0.29) is 5.56 Å². The monoisotopic (exact) mass is 269 g/mol. The number of carboxylic acids is 1. The lowest BCUT2D eigenvalue weighted by Crippen LogP contribution is -2.02. The Kier molecular flexibility index (Phi) is 10.7. The summed E-state index contributed by atoms with van der Waals surface area (Å²) in [6.45, 7) is 2.17. The van der Waals surface area contributed by atoms with E-state index < -0.39 is 12.3 Å². The fourth-order valence-electron chi connectivity index (χ4n) is 1.42. The summed E-state index contributed by atoms with van der Waals surface area (Å²) in [5.41, 5.74) is 0.220. The van der Waals surface area contributed by atoms with Gasteiger partial charge < -0.3 is 15.3 Å². The number of aliphatic hydroxyl groups excluding tert-OH is 1. The van der Waals surface area contributed by atoms with Gasteiger partial charge in [-0.1, -0.05) is 32.6 Å². The first kappa shape index (κ1) is 17.5. The molecule has 3 N–H and O–H groups in total. The molecule has 0 aliphatic carbocycles. The van der Waals surface area contributed by atoms with Crippen LogP contribution in [0, 0.1) is 0 Å². The second-order valence-corrected chi connectivity index (χ2v) is 4.23. The highest BCUT2D eigenvalue weighted by Gasteiger charge is 1.97. The van der Waals surface area contributed by atoms with E-state index in [9.17, 15) is 4.79 Å². The van der Waals surface area contributed by atoms with Crippen molar-refractivity contribution < 1.29 is 20.1 Å². The quantitative estimate of drug-likeness (QED) is 0.522. The molecule has 108 valence electrons. The second kappa shape index (κ2) is 11.6. The summed E-state index contributed by atoms with van der Waals surface area (Å²) in [4.78, 5) is 13.8. The number of unbranched alkanes of at least 4 members (excludes halogenated alkanes) is 4. The molecule has 5 nitrogen and oxygen atoms in total. The fraction of sp³-hybridized carbons (Fsp3) is 0.571. The molecule has 0 spiro atoms. The number of aromatic carboxylic acids is 1. The summed E-state index contributed by atoms with van der Waals surface area (Å²) in [6, 6.07) is 3.08. The Bertz CT molecular complexity index is 327. The van der Waals surface area contributed by atoms with Gasteiger partial charge in [0.25, 0.3) is 0 Å². The lowest BCUT2D eigenvalue weighted by molar-refractivity contribution is -0.0466. The first-order valence-corrected chi connectivity index (χ1v) is 6.57. The molecule has 0 atom stereocenters. The van der Waals surface area contributed by atoms with Crippen LogP contribution >= 0.6 is 0 Å². The number of hydrogen-bond donors (Lipinski definition) is 3. The summed E-state index contributed by atoms with van der Waals surface area (Å²) in [6.07, 6.45) is 8.08. The Morgan fingerprint density at radius 3 is 2.37 bits per heavy atom.